The average Bonchev–Trinajstić information content (AvgIpc) is 2.61. The zero-order valence-corrected chi connectivity index (χ0v) is 12.0. The van der Waals surface area contributed by atoms with Crippen molar-refractivity contribution in [3.05, 3.63) is 17.5 Å². The van der Waals surface area contributed by atoms with Crippen molar-refractivity contribution in [3.63, 3.8) is 0 Å². The molecule has 6 heteroatoms. The molecule has 0 spiro atoms. The normalized spacial score (nSPS) is 16.5. The molecule has 0 atom stereocenters. The molecule has 0 aliphatic heterocycles. The Morgan fingerprint density at radius 1 is 1.45 bits per heavy atom. The highest BCUT2D eigenvalue weighted by atomic mass is 16.4. The van der Waals surface area contributed by atoms with Gasteiger partial charge in [0.25, 0.3) is 0 Å². The van der Waals surface area contributed by atoms with Crippen molar-refractivity contribution in [2.75, 3.05) is 6.54 Å². The van der Waals surface area contributed by atoms with Gasteiger partial charge in [-0.1, -0.05) is 6.42 Å². The molecule has 0 radical (unpaired) electrons. The van der Waals surface area contributed by atoms with E-state index < -0.39 is 11.4 Å². The van der Waals surface area contributed by atoms with Gasteiger partial charge in [0.05, 0.1) is 5.69 Å². The Morgan fingerprint density at radius 3 is 2.60 bits per heavy atom. The zero-order chi connectivity index (χ0) is 14.8. The molecule has 0 unspecified atom stereocenters. The summed E-state index contributed by atoms with van der Waals surface area (Å²) in [5, 5.41) is 16.2. The highest BCUT2D eigenvalue weighted by molar-refractivity contribution is 6.02. The van der Waals surface area contributed by atoms with Crippen molar-refractivity contribution in [2.24, 2.45) is 5.41 Å². The SMILES string of the molecule is Cc1cc(C)n(CCCNC(=O)C2(C(=O)O)CCC2)n1. The van der Waals surface area contributed by atoms with Crippen LogP contribution in [0, 0.1) is 19.3 Å². The van der Waals surface area contributed by atoms with Crippen LogP contribution < -0.4 is 5.32 Å². The standard InChI is InChI=1S/C14H21N3O3/c1-10-9-11(2)17(16-10)8-4-7-15-12(18)14(13(19)20)5-3-6-14/h9H,3-8H2,1-2H3,(H,15,18)(H,19,20). The molecular weight excluding hydrogens is 258 g/mol. The second-order valence-corrected chi connectivity index (χ2v) is 5.50. The maximum atomic E-state index is 12.0. The number of carbonyl (C=O) groups excluding carboxylic acids is 1. The molecule has 0 bridgehead atoms. The first kappa shape index (κ1) is 14.6. The fourth-order valence-corrected chi connectivity index (χ4v) is 2.57. The first-order valence-corrected chi connectivity index (χ1v) is 6.98. The maximum Gasteiger partial charge on any atom is 0.319 e. The summed E-state index contributed by atoms with van der Waals surface area (Å²) in [6.45, 7) is 5.14. The summed E-state index contributed by atoms with van der Waals surface area (Å²) in [4.78, 5) is 23.1. The van der Waals surface area contributed by atoms with E-state index in [0.29, 0.717) is 19.4 Å². The molecule has 1 aromatic rings. The number of carboxylic acid groups (broad SMARTS) is 1. The van der Waals surface area contributed by atoms with Gasteiger partial charge in [-0.2, -0.15) is 5.10 Å². The number of nitrogens with one attached hydrogen (secondary N) is 1. The van der Waals surface area contributed by atoms with Gasteiger partial charge in [0.15, 0.2) is 0 Å². The van der Waals surface area contributed by atoms with E-state index in [1.54, 1.807) is 0 Å². The van der Waals surface area contributed by atoms with Crippen molar-refractivity contribution in [2.45, 2.75) is 46.1 Å². The molecule has 1 heterocycles. The van der Waals surface area contributed by atoms with Crippen molar-refractivity contribution >= 4 is 11.9 Å². The van der Waals surface area contributed by atoms with E-state index in [-0.39, 0.29) is 5.91 Å². The lowest BCUT2D eigenvalue weighted by Crippen LogP contribution is -2.51. The van der Waals surface area contributed by atoms with Crippen LogP contribution in [-0.4, -0.2) is 33.3 Å². The van der Waals surface area contributed by atoms with Crippen LogP contribution in [0.15, 0.2) is 6.07 Å². The summed E-state index contributed by atoms with van der Waals surface area (Å²) < 4.78 is 1.90. The number of aryl methyl sites for hydroxylation is 3. The highest BCUT2D eigenvalue weighted by Crippen LogP contribution is 2.41. The third-order valence-corrected chi connectivity index (χ3v) is 3.99. The second-order valence-electron chi connectivity index (χ2n) is 5.50. The van der Waals surface area contributed by atoms with Crippen LogP contribution in [0.3, 0.4) is 0 Å². The van der Waals surface area contributed by atoms with Gasteiger partial charge >= 0.3 is 5.97 Å². The fourth-order valence-electron chi connectivity index (χ4n) is 2.57. The van der Waals surface area contributed by atoms with Gasteiger partial charge in [0.2, 0.25) is 5.91 Å². The molecule has 110 valence electrons. The quantitative estimate of drug-likeness (QED) is 0.606. The van der Waals surface area contributed by atoms with Crippen LogP contribution in [-0.2, 0) is 16.1 Å². The largest absolute Gasteiger partial charge is 0.480 e. The van der Waals surface area contributed by atoms with Gasteiger partial charge in [-0.15, -0.1) is 0 Å². The number of carbonyl (C=O) groups is 2. The Hall–Kier alpha value is -1.85. The predicted octanol–water partition coefficient (Wildman–Crippen LogP) is 1.26. The summed E-state index contributed by atoms with van der Waals surface area (Å²) in [6, 6.07) is 2.01. The van der Waals surface area contributed by atoms with Crippen molar-refractivity contribution in [3.8, 4) is 0 Å². The zero-order valence-electron chi connectivity index (χ0n) is 12.0. The van der Waals surface area contributed by atoms with Gasteiger partial charge in [-0.25, -0.2) is 0 Å². The Kier molecular flexibility index (Phi) is 4.11. The molecule has 2 rings (SSSR count). The van der Waals surface area contributed by atoms with E-state index >= 15 is 0 Å². The monoisotopic (exact) mass is 279 g/mol. The minimum atomic E-state index is -1.17. The summed E-state index contributed by atoms with van der Waals surface area (Å²) in [7, 11) is 0. The molecule has 1 amide bonds. The van der Waals surface area contributed by atoms with Crippen LogP contribution >= 0.6 is 0 Å². The van der Waals surface area contributed by atoms with Gasteiger partial charge in [-0.05, 0) is 39.2 Å². The van der Waals surface area contributed by atoms with Gasteiger partial charge in [0, 0.05) is 18.8 Å². The van der Waals surface area contributed by atoms with Crippen molar-refractivity contribution < 1.29 is 14.7 Å². The van der Waals surface area contributed by atoms with E-state index in [4.69, 9.17) is 5.11 Å². The molecular formula is C14H21N3O3. The minimum Gasteiger partial charge on any atom is -0.480 e. The lowest BCUT2D eigenvalue weighted by atomic mass is 9.68. The fraction of sp³-hybridized carbons (Fsp3) is 0.643. The van der Waals surface area contributed by atoms with E-state index in [9.17, 15) is 9.59 Å². The van der Waals surface area contributed by atoms with Crippen molar-refractivity contribution in [1.29, 1.82) is 0 Å². The van der Waals surface area contributed by atoms with E-state index in [1.165, 1.54) is 0 Å². The number of aliphatic carboxylic acids is 1. The number of carboxylic acids is 1. The first-order chi connectivity index (χ1) is 9.45. The predicted molar refractivity (Wildman–Crippen MR) is 73.2 cm³/mol. The number of hydrogen-bond acceptors (Lipinski definition) is 3. The Morgan fingerprint density at radius 2 is 2.15 bits per heavy atom. The first-order valence-electron chi connectivity index (χ1n) is 6.98. The topological polar surface area (TPSA) is 84.2 Å². The minimum absolute atomic E-state index is 0.343. The second kappa shape index (κ2) is 5.64. The molecule has 0 saturated heterocycles. The number of nitrogens with zero attached hydrogens (tertiary/aromatic N) is 2. The number of amides is 1. The van der Waals surface area contributed by atoms with Crippen molar-refractivity contribution in [1.82, 2.24) is 15.1 Å². The van der Waals surface area contributed by atoms with Gasteiger partial charge in [0.1, 0.15) is 5.41 Å². The summed E-state index contributed by atoms with van der Waals surface area (Å²) in [5.41, 5.74) is 0.902. The van der Waals surface area contributed by atoms with Crippen LogP contribution in [0.25, 0.3) is 0 Å². The summed E-state index contributed by atoms with van der Waals surface area (Å²) >= 11 is 0. The number of aromatic nitrogens is 2. The average molecular weight is 279 g/mol. The van der Waals surface area contributed by atoms with E-state index in [1.807, 2.05) is 24.6 Å². The molecule has 1 saturated carbocycles. The Bertz CT molecular complexity index is 518. The number of hydrogen-bond donors (Lipinski definition) is 2. The molecule has 1 aromatic heterocycles. The smallest absolute Gasteiger partial charge is 0.319 e. The van der Waals surface area contributed by atoms with Crippen LogP contribution in [0.2, 0.25) is 0 Å². The van der Waals surface area contributed by atoms with Gasteiger partial charge in [-0.3, -0.25) is 14.3 Å². The molecule has 6 nitrogen and oxygen atoms in total. The highest BCUT2D eigenvalue weighted by Gasteiger charge is 2.50. The van der Waals surface area contributed by atoms with Crippen LogP contribution in [0.5, 0.6) is 0 Å². The molecule has 1 aliphatic carbocycles. The lowest BCUT2D eigenvalue weighted by Gasteiger charge is -2.35. The van der Waals surface area contributed by atoms with Crippen LogP contribution in [0.1, 0.15) is 37.1 Å². The Balaban J connectivity index is 1.77. The van der Waals surface area contributed by atoms with Gasteiger partial charge < -0.3 is 10.4 Å². The third kappa shape index (κ3) is 2.69. The van der Waals surface area contributed by atoms with E-state index in [2.05, 4.69) is 10.4 Å². The molecule has 0 aromatic carbocycles. The summed E-state index contributed by atoms with van der Waals surface area (Å²) in [5.74, 6) is -1.34. The lowest BCUT2D eigenvalue weighted by molar-refractivity contribution is -0.162. The van der Waals surface area contributed by atoms with E-state index in [0.717, 1.165) is 30.8 Å². The molecule has 2 N–H and O–H groups in total. The molecule has 1 fully saturated rings. The Labute approximate surface area is 118 Å². The van der Waals surface area contributed by atoms with Crippen LogP contribution in [0.4, 0.5) is 0 Å². The molecule has 1 aliphatic rings. The third-order valence-electron chi connectivity index (χ3n) is 3.99. The maximum absolute atomic E-state index is 12.0. The number of rotatable bonds is 6. The summed E-state index contributed by atoms with van der Waals surface area (Å²) in [6.07, 6.45) is 2.45. The molecule has 20 heavy (non-hydrogen) atoms.